The van der Waals surface area contributed by atoms with Crippen LogP contribution in [0.1, 0.15) is 21.7 Å². The molecule has 0 saturated heterocycles. The smallest absolute Gasteiger partial charge is 0.322 e. The van der Waals surface area contributed by atoms with E-state index in [1.165, 1.54) is 24.3 Å². The number of amides is 1. The van der Waals surface area contributed by atoms with Gasteiger partial charge in [-0.3, -0.25) is 9.36 Å². The third-order valence-electron chi connectivity index (χ3n) is 4.81. The Hall–Kier alpha value is -3.96. The number of alkyl halides is 6. The Kier molecular flexibility index (Phi) is 5.54. The van der Waals surface area contributed by atoms with Crippen LogP contribution in [0.2, 0.25) is 0 Å². The summed E-state index contributed by atoms with van der Waals surface area (Å²) in [6.07, 6.45) is -10.2. The quantitative estimate of drug-likeness (QED) is 0.333. The van der Waals surface area contributed by atoms with Crippen molar-refractivity contribution in [1.82, 2.24) is 9.55 Å². The molecule has 4 rings (SSSR count). The Balaban J connectivity index is 1.86. The number of carbonyl (C=O) groups is 1. The molecule has 3 aromatic carbocycles. The van der Waals surface area contributed by atoms with Crippen LogP contribution in [-0.2, 0) is 12.4 Å². The summed E-state index contributed by atoms with van der Waals surface area (Å²) in [6.45, 7) is 0. The van der Waals surface area contributed by atoms with Crippen LogP contribution < -0.4 is 5.32 Å². The molecule has 0 bridgehead atoms. The summed E-state index contributed by atoms with van der Waals surface area (Å²) in [5.41, 5.74) is -4.07. The Labute approximate surface area is 185 Å². The second-order valence-corrected chi connectivity index (χ2v) is 7.04. The Bertz CT molecular complexity index is 1410. The van der Waals surface area contributed by atoms with Gasteiger partial charge >= 0.3 is 12.4 Å². The van der Waals surface area contributed by atoms with E-state index in [1.807, 2.05) is 5.32 Å². The number of nitrogens with one attached hydrogen (secondary N) is 1. The highest BCUT2D eigenvalue weighted by atomic mass is 19.4. The lowest BCUT2D eigenvalue weighted by atomic mass is 10.1. The molecular weight excluding hydrogens is 474 g/mol. The fraction of sp³-hybridized carbons (Fsp3) is 0.0909. The summed E-state index contributed by atoms with van der Waals surface area (Å²) in [5.74, 6) is -5.67. The lowest BCUT2D eigenvalue weighted by Gasteiger charge is -2.18. The van der Waals surface area contributed by atoms with Gasteiger partial charge in [0.25, 0.3) is 5.91 Å². The number of nitrogens with zero attached hydrogens (tertiary/aromatic N) is 2. The molecule has 4 nitrogen and oxygen atoms in total. The summed E-state index contributed by atoms with van der Waals surface area (Å²) in [7, 11) is 0. The molecule has 0 spiro atoms. The van der Waals surface area contributed by atoms with Gasteiger partial charge in [0.15, 0.2) is 11.6 Å². The number of aromatic nitrogens is 2. The second-order valence-electron chi connectivity index (χ2n) is 7.04. The molecule has 0 aliphatic heterocycles. The normalized spacial score (nSPS) is 12.2. The standard InChI is InChI=1S/C22H11F8N3O/c23-14-5-3-4-12(18(14)24)19(34)31-11-8-9-16(13(10-11)21(25,26)27)33-17-7-2-1-6-15(17)32-20(33)22(28,29)30/h1-10H,(H,31,34). The van der Waals surface area contributed by atoms with Gasteiger partial charge in [0, 0.05) is 5.69 Å². The van der Waals surface area contributed by atoms with E-state index in [0.717, 1.165) is 30.3 Å². The van der Waals surface area contributed by atoms with Gasteiger partial charge in [-0.05, 0) is 42.5 Å². The Morgan fingerprint density at radius 2 is 1.56 bits per heavy atom. The third kappa shape index (κ3) is 4.18. The minimum Gasteiger partial charge on any atom is -0.322 e. The maximum Gasteiger partial charge on any atom is 0.450 e. The molecular formula is C22H11F8N3O. The number of hydrogen-bond acceptors (Lipinski definition) is 2. The van der Waals surface area contributed by atoms with Crippen molar-refractivity contribution in [3.05, 3.63) is 89.2 Å². The van der Waals surface area contributed by atoms with Crippen molar-refractivity contribution in [3.8, 4) is 5.69 Å². The van der Waals surface area contributed by atoms with Gasteiger partial charge in [-0.2, -0.15) is 26.3 Å². The summed E-state index contributed by atoms with van der Waals surface area (Å²) in [4.78, 5) is 15.7. The summed E-state index contributed by atoms with van der Waals surface area (Å²) in [6, 6.07) is 9.86. The average Bonchev–Trinajstić information content (AvgIpc) is 3.15. The first kappa shape index (κ1) is 23.2. The van der Waals surface area contributed by atoms with E-state index in [-0.39, 0.29) is 11.0 Å². The van der Waals surface area contributed by atoms with E-state index < -0.39 is 58.2 Å². The average molecular weight is 485 g/mol. The van der Waals surface area contributed by atoms with Gasteiger partial charge in [0.05, 0.1) is 27.8 Å². The van der Waals surface area contributed by atoms with Crippen LogP contribution in [0, 0.1) is 11.6 Å². The van der Waals surface area contributed by atoms with E-state index in [0.29, 0.717) is 10.6 Å². The van der Waals surface area contributed by atoms with Crippen LogP contribution in [0.4, 0.5) is 40.8 Å². The van der Waals surface area contributed by atoms with Crippen LogP contribution in [0.15, 0.2) is 60.7 Å². The molecule has 1 heterocycles. The van der Waals surface area contributed by atoms with Gasteiger partial charge in [-0.25, -0.2) is 13.8 Å². The molecule has 12 heteroatoms. The van der Waals surface area contributed by atoms with Gasteiger partial charge < -0.3 is 5.32 Å². The van der Waals surface area contributed by atoms with E-state index >= 15 is 0 Å². The number of para-hydroxylation sites is 2. The van der Waals surface area contributed by atoms with Crippen molar-refractivity contribution in [2.24, 2.45) is 0 Å². The highest BCUT2D eigenvalue weighted by Crippen LogP contribution is 2.40. The lowest BCUT2D eigenvalue weighted by Crippen LogP contribution is -2.19. The molecule has 0 fully saturated rings. The van der Waals surface area contributed by atoms with E-state index in [4.69, 9.17) is 0 Å². The van der Waals surface area contributed by atoms with Crippen molar-refractivity contribution in [1.29, 1.82) is 0 Å². The molecule has 1 N–H and O–H groups in total. The highest BCUT2D eigenvalue weighted by molar-refractivity contribution is 6.04. The fourth-order valence-electron chi connectivity index (χ4n) is 3.37. The second kappa shape index (κ2) is 8.12. The van der Waals surface area contributed by atoms with E-state index in [1.54, 1.807) is 0 Å². The maximum atomic E-state index is 13.9. The molecule has 0 radical (unpaired) electrons. The topological polar surface area (TPSA) is 46.9 Å². The highest BCUT2D eigenvalue weighted by Gasteiger charge is 2.41. The Morgan fingerprint density at radius 3 is 2.24 bits per heavy atom. The van der Waals surface area contributed by atoms with Crippen LogP contribution in [0.3, 0.4) is 0 Å². The molecule has 0 atom stereocenters. The van der Waals surface area contributed by atoms with Crippen molar-refractivity contribution in [2.75, 3.05) is 5.32 Å². The fourth-order valence-corrected chi connectivity index (χ4v) is 3.37. The van der Waals surface area contributed by atoms with Gasteiger partial charge in [-0.1, -0.05) is 18.2 Å². The number of fused-ring (bicyclic) bond motifs is 1. The lowest BCUT2D eigenvalue weighted by molar-refractivity contribution is -0.147. The Morgan fingerprint density at radius 1 is 0.853 bits per heavy atom. The van der Waals surface area contributed by atoms with Crippen LogP contribution in [0.5, 0.6) is 0 Å². The molecule has 0 saturated carbocycles. The van der Waals surface area contributed by atoms with Gasteiger partial charge in [0.1, 0.15) is 0 Å². The largest absolute Gasteiger partial charge is 0.450 e. The molecule has 0 aliphatic carbocycles. The minimum atomic E-state index is -5.14. The first-order chi connectivity index (χ1) is 15.9. The molecule has 0 aliphatic rings. The monoisotopic (exact) mass is 485 g/mol. The first-order valence-corrected chi connectivity index (χ1v) is 9.39. The van der Waals surface area contributed by atoms with Crippen molar-refractivity contribution in [3.63, 3.8) is 0 Å². The zero-order chi connectivity index (χ0) is 24.8. The van der Waals surface area contributed by atoms with Crippen LogP contribution >= 0.6 is 0 Å². The number of rotatable bonds is 3. The number of halogens is 8. The van der Waals surface area contributed by atoms with E-state index in [2.05, 4.69) is 4.98 Å². The zero-order valence-corrected chi connectivity index (χ0v) is 16.6. The zero-order valence-electron chi connectivity index (χ0n) is 16.6. The number of hydrogen-bond donors (Lipinski definition) is 1. The SMILES string of the molecule is O=C(Nc1ccc(-n2c(C(F)(F)F)nc3ccccc32)c(C(F)(F)F)c1)c1cccc(F)c1F. The molecule has 176 valence electrons. The number of imidazole rings is 1. The predicted octanol–water partition coefficient (Wildman–Crippen LogP) is 6.59. The van der Waals surface area contributed by atoms with Crippen molar-refractivity contribution < 1.29 is 39.9 Å². The van der Waals surface area contributed by atoms with Gasteiger partial charge in [0.2, 0.25) is 5.82 Å². The molecule has 4 aromatic rings. The number of anilines is 1. The van der Waals surface area contributed by atoms with Gasteiger partial charge in [-0.15, -0.1) is 0 Å². The van der Waals surface area contributed by atoms with E-state index in [9.17, 15) is 39.9 Å². The summed E-state index contributed by atoms with van der Waals surface area (Å²) < 4.78 is 110. The summed E-state index contributed by atoms with van der Waals surface area (Å²) in [5, 5.41) is 2.00. The predicted molar refractivity (Wildman–Crippen MR) is 105 cm³/mol. The third-order valence-corrected chi connectivity index (χ3v) is 4.81. The molecule has 34 heavy (non-hydrogen) atoms. The molecule has 1 amide bonds. The molecule has 0 unspecified atom stereocenters. The van der Waals surface area contributed by atoms with Crippen LogP contribution in [-0.4, -0.2) is 15.5 Å². The number of carbonyl (C=O) groups excluding carboxylic acids is 1. The van der Waals surface area contributed by atoms with Crippen molar-refractivity contribution >= 4 is 22.6 Å². The molecule has 1 aromatic heterocycles. The minimum absolute atomic E-state index is 0.179. The maximum absolute atomic E-state index is 13.9. The number of benzene rings is 3. The summed E-state index contributed by atoms with van der Waals surface area (Å²) >= 11 is 0. The van der Waals surface area contributed by atoms with Crippen molar-refractivity contribution in [2.45, 2.75) is 12.4 Å². The first-order valence-electron chi connectivity index (χ1n) is 9.39. The van der Waals surface area contributed by atoms with Crippen LogP contribution in [0.25, 0.3) is 16.7 Å².